The first-order chi connectivity index (χ1) is 21.3. The van der Waals surface area contributed by atoms with Crippen molar-refractivity contribution in [3.05, 3.63) is 53.1 Å². The number of nitrogens with two attached hydrogens (primary N) is 1. The van der Waals surface area contributed by atoms with Crippen LogP contribution in [0.15, 0.2) is 41.4 Å². The van der Waals surface area contributed by atoms with Gasteiger partial charge in [-0.25, -0.2) is 0 Å². The fourth-order valence-electron chi connectivity index (χ4n) is 6.44. The van der Waals surface area contributed by atoms with Gasteiger partial charge in [0.1, 0.15) is 11.8 Å². The highest BCUT2D eigenvalue weighted by atomic mass is 16.5. The van der Waals surface area contributed by atoms with Crippen molar-refractivity contribution in [2.45, 2.75) is 37.8 Å². The van der Waals surface area contributed by atoms with E-state index in [0.29, 0.717) is 22.9 Å². The number of hydrogen-bond acceptors (Lipinski definition) is 10. The number of aliphatic imine (C=N–C) groups is 1. The van der Waals surface area contributed by atoms with Crippen LogP contribution in [0.1, 0.15) is 52.0 Å². The largest absolute Gasteiger partial charge is 0.497 e. The number of methoxy groups -OCH3 is 1. The molecule has 1 unspecified atom stereocenters. The molecule has 0 aromatic heterocycles. The molecule has 4 aliphatic rings. The number of piperazine rings is 1. The molecule has 2 aromatic carbocycles. The summed E-state index contributed by atoms with van der Waals surface area (Å²) in [5.41, 5.74) is 9.23. The van der Waals surface area contributed by atoms with Gasteiger partial charge in [-0.2, -0.15) is 0 Å². The molecular weight excluding hydrogens is 562 g/mol. The normalized spacial score (nSPS) is 22.2. The molecule has 4 aliphatic heterocycles. The summed E-state index contributed by atoms with van der Waals surface area (Å²) >= 11 is 0. The lowest BCUT2D eigenvalue weighted by Gasteiger charge is -2.38. The highest BCUT2D eigenvalue weighted by molar-refractivity contribution is 6.23. The molecule has 6 rings (SSSR count). The molecule has 0 saturated carbocycles. The van der Waals surface area contributed by atoms with Crippen molar-refractivity contribution in [2.24, 2.45) is 4.99 Å². The summed E-state index contributed by atoms with van der Waals surface area (Å²) in [6.45, 7) is 7.55. The minimum atomic E-state index is -0.954. The van der Waals surface area contributed by atoms with E-state index in [-0.39, 0.29) is 18.7 Å². The molecule has 4 heterocycles. The maximum absolute atomic E-state index is 13.2. The molecule has 0 bridgehead atoms. The summed E-state index contributed by atoms with van der Waals surface area (Å²) in [6.07, 6.45) is 4.20. The molecule has 0 spiro atoms. The molecule has 3 fully saturated rings. The van der Waals surface area contributed by atoms with E-state index in [1.54, 1.807) is 19.2 Å². The molecule has 1 atom stereocenters. The van der Waals surface area contributed by atoms with Crippen LogP contribution >= 0.6 is 0 Å². The van der Waals surface area contributed by atoms with E-state index in [1.165, 1.54) is 0 Å². The van der Waals surface area contributed by atoms with Gasteiger partial charge in [-0.1, -0.05) is 0 Å². The number of benzene rings is 2. The first-order valence-electron chi connectivity index (χ1n) is 15.3. The lowest BCUT2D eigenvalue weighted by Crippen LogP contribution is -2.54. The van der Waals surface area contributed by atoms with Gasteiger partial charge in [-0.05, 0) is 49.6 Å². The molecular formula is C32H39N7O5. The Kier molecular flexibility index (Phi) is 8.62. The van der Waals surface area contributed by atoms with E-state index in [4.69, 9.17) is 15.5 Å². The molecule has 3 N–H and O–H groups in total. The van der Waals surface area contributed by atoms with Crippen LogP contribution < -0.4 is 20.7 Å². The summed E-state index contributed by atoms with van der Waals surface area (Å²) in [6, 6.07) is 10.3. The van der Waals surface area contributed by atoms with Crippen molar-refractivity contribution >= 4 is 41.2 Å². The highest BCUT2D eigenvalue weighted by Gasteiger charge is 2.44. The Balaban J connectivity index is 0.954. The van der Waals surface area contributed by atoms with Crippen molar-refractivity contribution < 1.29 is 23.9 Å². The van der Waals surface area contributed by atoms with Crippen LogP contribution in [0.4, 0.5) is 11.4 Å². The minimum Gasteiger partial charge on any atom is -0.497 e. The summed E-state index contributed by atoms with van der Waals surface area (Å²) in [7, 11) is 1.63. The average molecular weight is 602 g/mol. The summed E-state index contributed by atoms with van der Waals surface area (Å²) in [5.74, 6) is -1.19. The first-order valence-corrected chi connectivity index (χ1v) is 15.3. The van der Waals surface area contributed by atoms with Gasteiger partial charge in [0.25, 0.3) is 11.8 Å². The number of carbonyl (C=O) groups is 4. The number of nitrogens with one attached hydrogen (secondary N) is 1. The number of nitrogen functional groups attached to an aromatic ring is 1. The number of carbonyl (C=O) groups excluding carboxylic acids is 4. The first kappa shape index (κ1) is 29.8. The number of fused-ring (bicyclic) bond motifs is 1. The van der Waals surface area contributed by atoms with E-state index in [0.717, 1.165) is 87.1 Å². The van der Waals surface area contributed by atoms with Crippen molar-refractivity contribution in [3.63, 3.8) is 0 Å². The zero-order chi connectivity index (χ0) is 30.8. The van der Waals surface area contributed by atoms with Crippen molar-refractivity contribution in [1.82, 2.24) is 20.0 Å². The summed E-state index contributed by atoms with van der Waals surface area (Å²) in [4.78, 5) is 63.1. The second-order valence-electron chi connectivity index (χ2n) is 11.9. The lowest BCUT2D eigenvalue weighted by atomic mass is 10.0. The number of piperidine rings is 2. The van der Waals surface area contributed by atoms with Gasteiger partial charge < -0.3 is 20.3 Å². The molecule has 232 valence electrons. The predicted octanol–water partition coefficient (Wildman–Crippen LogP) is 1.38. The minimum absolute atomic E-state index is 0.105. The number of hydrogen-bond donors (Lipinski definition) is 2. The fourth-order valence-corrected chi connectivity index (χ4v) is 6.44. The topological polar surface area (TPSA) is 141 Å². The molecule has 12 heteroatoms. The van der Waals surface area contributed by atoms with Crippen LogP contribution in [0.3, 0.4) is 0 Å². The molecule has 2 aromatic rings. The quantitative estimate of drug-likeness (QED) is 0.261. The van der Waals surface area contributed by atoms with Gasteiger partial charge in [0.2, 0.25) is 11.8 Å². The van der Waals surface area contributed by atoms with E-state index in [2.05, 4.69) is 20.0 Å². The Labute approximate surface area is 256 Å². The number of nitrogens with zero attached hydrogens (tertiary/aromatic N) is 5. The van der Waals surface area contributed by atoms with E-state index < -0.39 is 23.8 Å². The number of likely N-dealkylation sites (tertiary alicyclic amines) is 1. The smallest absolute Gasteiger partial charge is 0.262 e. The molecule has 0 aliphatic carbocycles. The summed E-state index contributed by atoms with van der Waals surface area (Å²) in [5, 5.41) is 2.24. The van der Waals surface area contributed by atoms with Gasteiger partial charge in [0.05, 0.1) is 24.3 Å². The second kappa shape index (κ2) is 12.7. The zero-order valence-electron chi connectivity index (χ0n) is 25.0. The standard InChI is InChI=1S/C32H39N7O5/c1-44-24-4-2-21(27(33)19-24)20-34-22-8-10-36(11-9-22)12-13-37-14-16-38(17-15-37)23-3-5-25-26(18-23)32(43)39(31(25)42)28-6-7-29(40)35-30(28)41/h2-5,18-20,22,28H,6-17,33H2,1H3,(H,35,40,41). The van der Waals surface area contributed by atoms with Crippen molar-refractivity contribution in [1.29, 1.82) is 0 Å². The van der Waals surface area contributed by atoms with Crippen LogP contribution in [0.25, 0.3) is 0 Å². The van der Waals surface area contributed by atoms with E-state index in [1.807, 2.05) is 30.5 Å². The van der Waals surface area contributed by atoms with Crippen LogP contribution in [0, 0.1) is 0 Å². The third-order valence-electron chi connectivity index (χ3n) is 9.17. The number of amides is 4. The van der Waals surface area contributed by atoms with Gasteiger partial charge in [-0.15, -0.1) is 0 Å². The molecule has 12 nitrogen and oxygen atoms in total. The number of rotatable bonds is 8. The second-order valence-corrected chi connectivity index (χ2v) is 11.9. The van der Waals surface area contributed by atoms with Gasteiger partial charge in [0, 0.05) is 88.0 Å². The average Bonchev–Trinajstić information content (AvgIpc) is 3.28. The highest BCUT2D eigenvalue weighted by Crippen LogP contribution is 2.31. The van der Waals surface area contributed by atoms with E-state index in [9.17, 15) is 19.2 Å². The third kappa shape index (κ3) is 6.18. The van der Waals surface area contributed by atoms with Gasteiger partial charge in [-0.3, -0.25) is 39.3 Å². The Morgan fingerprint density at radius 1 is 0.886 bits per heavy atom. The SMILES string of the molecule is COc1ccc(C=NC2CCN(CCN3CCN(c4ccc5c(c4)C(=O)N(C4CCC(=O)NC4=O)C5=O)CC3)CC2)c(N)c1. The van der Waals surface area contributed by atoms with Crippen LogP contribution in [-0.2, 0) is 9.59 Å². The maximum atomic E-state index is 13.2. The predicted molar refractivity (Wildman–Crippen MR) is 166 cm³/mol. The van der Waals surface area contributed by atoms with Crippen LogP contribution in [0.5, 0.6) is 5.75 Å². The summed E-state index contributed by atoms with van der Waals surface area (Å²) < 4.78 is 5.22. The van der Waals surface area contributed by atoms with Crippen LogP contribution in [0.2, 0.25) is 0 Å². The Morgan fingerprint density at radius 3 is 2.27 bits per heavy atom. The number of anilines is 2. The fraction of sp³-hybridized carbons (Fsp3) is 0.469. The molecule has 44 heavy (non-hydrogen) atoms. The number of imide groups is 2. The van der Waals surface area contributed by atoms with Gasteiger partial charge >= 0.3 is 0 Å². The lowest BCUT2D eigenvalue weighted by molar-refractivity contribution is -0.136. The maximum Gasteiger partial charge on any atom is 0.262 e. The monoisotopic (exact) mass is 601 g/mol. The van der Waals surface area contributed by atoms with Gasteiger partial charge in [0.15, 0.2) is 0 Å². The zero-order valence-corrected chi connectivity index (χ0v) is 25.0. The Morgan fingerprint density at radius 2 is 1.59 bits per heavy atom. The van der Waals surface area contributed by atoms with Crippen molar-refractivity contribution in [2.75, 3.05) is 70.1 Å². The number of ether oxygens (including phenoxy) is 1. The molecule has 3 saturated heterocycles. The Hall–Kier alpha value is -4.29. The van der Waals surface area contributed by atoms with Crippen LogP contribution in [-0.4, -0.2) is 116 Å². The third-order valence-corrected chi connectivity index (χ3v) is 9.17. The Bertz CT molecular complexity index is 1480. The molecule has 4 amide bonds. The molecule has 0 radical (unpaired) electrons. The van der Waals surface area contributed by atoms with Crippen molar-refractivity contribution in [3.8, 4) is 5.75 Å². The van der Waals surface area contributed by atoms with E-state index >= 15 is 0 Å².